The third-order valence-electron chi connectivity index (χ3n) is 3.85. The molecule has 0 amide bonds. The van der Waals surface area contributed by atoms with Crippen LogP contribution in [-0.4, -0.2) is 6.54 Å². The number of fused-ring (bicyclic) bond motifs is 1. The lowest BCUT2D eigenvalue weighted by molar-refractivity contribution is 0.301. The highest BCUT2D eigenvalue weighted by molar-refractivity contribution is 5.85. The highest BCUT2D eigenvalue weighted by Gasteiger charge is 2.16. The minimum Gasteiger partial charge on any atom is -0.312 e. The van der Waals surface area contributed by atoms with Gasteiger partial charge >= 0.3 is 0 Å². The van der Waals surface area contributed by atoms with E-state index in [0.717, 1.165) is 12.5 Å². The van der Waals surface area contributed by atoms with Crippen LogP contribution in [0.4, 0.5) is 0 Å². The fourth-order valence-corrected chi connectivity index (χ4v) is 2.55. The van der Waals surface area contributed by atoms with E-state index in [1.165, 1.54) is 42.1 Å². The van der Waals surface area contributed by atoms with Crippen molar-refractivity contribution in [1.82, 2.24) is 5.32 Å². The van der Waals surface area contributed by atoms with Gasteiger partial charge in [0.1, 0.15) is 0 Å². The zero-order valence-corrected chi connectivity index (χ0v) is 10.2. The molecule has 0 saturated heterocycles. The molecule has 0 heterocycles. The van der Waals surface area contributed by atoms with Gasteiger partial charge in [0.15, 0.2) is 0 Å². The molecule has 0 radical (unpaired) electrons. The molecule has 1 heteroatoms. The van der Waals surface area contributed by atoms with E-state index in [-0.39, 0.29) is 0 Å². The van der Waals surface area contributed by atoms with Crippen LogP contribution in [0.25, 0.3) is 10.8 Å². The first-order valence-electron chi connectivity index (χ1n) is 6.61. The van der Waals surface area contributed by atoms with Crippen LogP contribution < -0.4 is 5.32 Å². The topological polar surface area (TPSA) is 12.0 Å². The maximum atomic E-state index is 3.60. The first-order chi connectivity index (χ1) is 8.43. The van der Waals surface area contributed by atoms with Crippen molar-refractivity contribution < 1.29 is 0 Å². The summed E-state index contributed by atoms with van der Waals surface area (Å²) in [6.07, 6.45) is 4.27. The van der Waals surface area contributed by atoms with Crippen LogP contribution in [0.15, 0.2) is 42.5 Å². The van der Waals surface area contributed by atoms with E-state index in [2.05, 4.69) is 47.8 Å². The maximum Gasteiger partial charge on any atom is 0.0211 e. The number of hydrogen-bond donors (Lipinski definition) is 1. The van der Waals surface area contributed by atoms with E-state index in [1.807, 2.05) is 0 Å². The second kappa shape index (κ2) is 4.89. The van der Waals surface area contributed by atoms with Crippen LogP contribution >= 0.6 is 0 Å². The quantitative estimate of drug-likeness (QED) is 0.836. The summed E-state index contributed by atoms with van der Waals surface area (Å²) >= 11 is 0. The first-order valence-corrected chi connectivity index (χ1v) is 6.61. The molecular weight excluding hydrogens is 206 g/mol. The molecule has 0 unspecified atom stereocenters. The Morgan fingerprint density at radius 3 is 2.65 bits per heavy atom. The molecule has 3 rings (SSSR count). The van der Waals surface area contributed by atoms with Crippen LogP contribution in [0.5, 0.6) is 0 Å². The van der Waals surface area contributed by atoms with Crippen molar-refractivity contribution in [3.63, 3.8) is 0 Å². The van der Waals surface area contributed by atoms with Crippen molar-refractivity contribution in [2.24, 2.45) is 5.92 Å². The van der Waals surface area contributed by atoms with Gasteiger partial charge in [-0.2, -0.15) is 0 Å². The second-order valence-corrected chi connectivity index (χ2v) is 5.07. The lowest BCUT2D eigenvalue weighted by atomic mass is 9.85. The first kappa shape index (κ1) is 10.8. The SMILES string of the molecule is c1ccc2c(CNCC3CCC3)cccc2c1. The van der Waals surface area contributed by atoms with E-state index in [0.29, 0.717) is 0 Å². The van der Waals surface area contributed by atoms with E-state index in [9.17, 15) is 0 Å². The van der Waals surface area contributed by atoms with Crippen LogP contribution in [0.1, 0.15) is 24.8 Å². The molecule has 1 aliphatic rings. The van der Waals surface area contributed by atoms with Crippen molar-refractivity contribution in [2.45, 2.75) is 25.8 Å². The molecular formula is C16H19N. The molecule has 1 N–H and O–H groups in total. The number of hydrogen-bond acceptors (Lipinski definition) is 1. The van der Waals surface area contributed by atoms with Gasteiger partial charge in [-0.1, -0.05) is 48.9 Å². The average Bonchev–Trinajstić information content (AvgIpc) is 2.32. The summed E-state index contributed by atoms with van der Waals surface area (Å²) in [6.45, 7) is 2.18. The van der Waals surface area contributed by atoms with Crippen molar-refractivity contribution in [1.29, 1.82) is 0 Å². The van der Waals surface area contributed by atoms with E-state index < -0.39 is 0 Å². The van der Waals surface area contributed by atoms with E-state index >= 15 is 0 Å². The summed E-state index contributed by atoms with van der Waals surface area (Å²) in [5.74, 6) is 0.935. The minimum atomic E-state index is 0.935. The number of rotatable bonds is 4. The van der Waals surface area contributed by atoms with Gasteiger partial charge in [0.2, 0.25) is 0 Å². The number of benzene rings is 2. The van der Waals surface area contributed by atoms with Crippen LogP contribution in [-0.2, 0) is 6.54 Å². The smallest absolute Gasteiger partial charge is 0.0211 e. The summed E-state index contributed by atoms with van der Waals surface area (Å²) in [5, 5.41) is 6.32. The zero-order chi connectivity index (χ0) is 11.5. The number of nitrogens with one attached hydrogen (secondary N) is 1. The molecule has 0 spiro atoms. The standard InChI is InChI=1S/C16H19N/c1-2-10-16-14(7-1)8-4-9-15(16)12-17-11-13-5-3-6-13/h1-2,4,7-10,13,17H,3,5-6,11-12H2. The van der Waals surface area contributed by atoms with Crippen LogP contribution in [0.2, 0.25) is 0 Å². The van der Waals surface area contributed by atoms with Crippen LogP contribution in [0, 0.1) is 5.92 Å². The predicted molar refractivity (Wildman–Crippen MR) is 73.0 cm³/mol. The molecule has 17 heavy (non-hydrogen) atoms. The molecule has 0 aliphatic heterocycles. The van der Waals surface area contributed by atoms with Gasteiger partial charge in [0.25, 0.3) is 0 Å². The Kier molecular flexibility index (Phi) is 3.10. The second-order valence-electron chi connectivity index (χ2n) is 5.07. The van der Waals surface area contributed by atoms with Gasteiger partial charge in [0.05, 0.1) is 0 Å². The lowest BCUT2D eigenvalue weighted by Gasteiger charge is -2.25. The van der Waals surface area contributed by atoms with Crippen molar-refractivity contribution in [3.8, 4) is 0 Å². The molecule has 2 aromatic rings. The Morgan fingerprint density at radius 1 is 1.00 bits per heavy atom. The molecule has 0 atom stereocenters. The summed E-state index contributed by atoms with van der Waals surface area (Å²) in [7, 11) is 0. The minimum absolute atomic E-state index is 0.935. The highest BCUT2D eigenvalue weighted by Crippen LogP contribution is 2.25. The zero-order valence-electron chi connectivity index (χ0n) is 10.2. The summed E-state index contributed by atoms with van der Waals surface area (Å²) in [4.78, 5) is 0. The van der Waals surface area contributed by atoms with Crippen LogP contribution in [0.3, 0.4) is 0 Å². The summed E-state index contributed by atoms with van der Waals surface area (Å²) in [5.41, 5.74) is 1.42. The van der Waals surface area contributed by atoms with Crippen molar-refractivity contribution in [2.75, 3.05) is 6.54 Å². The monoisotopic (exact) mass is 225 g/mol. The van der Waals surface area contributed by atoms with Gasteiger partial charge in [-0.25, -0.2) is 0 Å². The van der Waals surface area contributed by atoms with Crippen molar-refractivity contribution in [3.05, 3.63) is 48.0 Å². The van der Waals surface area contributed by atoms with Crippen molar-refractivity contribution >= 4 is 10.8 Å². The van der Waals surface area contributed by atoms with Gasteiger partial charge in [-0.3, -0.25) is 0 Å². The highest BCUT2D eigenvalue weighted by atomic mass is 14.9. The van der Waals surface area contributed by atoms with Gasteiger partial charge < -0.3 is 5.32 Å². The third kappa shape index (κ3) is 2.34. The predicted octanol–water partition coefficient (Wildman–Crippen LogP) is 3.73. The van der Waals surface area contributed by atoms with Gasteiger partial charge in [-0.05, 0) is 41.6 Å². The molecule has 88 valence electrons. The third-order valence-corrected chi connectivity index (χ3v) is 3.85. The Balaban J connectivity index is 1.71. The van der Waals surface area contributed by atoms with Gasteiger partial charge in [-0.15, -0.1) is 0 Å². The Hall–Kier alpha value is -1.34. The maximum absolute atomic E-state index is 3.60. The molecule has 0 bridgehead atoms. The Labute approximate surface area is 103 Å². The average molecular weight is 225 g/mol. The van der Waals surface area contributed by atoms with E-state index in [1.54, 1.807) is 0 Å². The molecule has 1 nitrogen and oxygen atoms in total. The molecule has 1 saturated carbocycles. The molecule has 1 aliphatic carbocycles. The lowest BCUT2D eigenvalue weighted by Crippen LogP contribution is -2.26. The Morgan fingerprint density at radius 2 is 1.82 bits per heavy atom. The largest absolute Gasteiger partial charge is 0.312 e. The fraction of sp³-hybridized carbons (Fsp3) is 0.375. The summed E-state index contributed by atoms with van der Waals surface area (Å²) in [6, 6.07) is 15.2. The molecule has 1 fully saturated rings. The van der Waals surface area contributed by atoms with Gasteiger partial charge in [0, 0.05) is 6.54 Å². The molecule has 2 aromatic carbocycles. The fourth-order valence-electron chi connectivity index (χ4n) is 2.55. The molecule has 0 aromatic heterocycles. The normalized spacial score (nSPS) is 16.0. The van der Waals surface area contributed by atoms with E-state index in [4.69, 9.17) is 0 Å². The Bertz CT molecular complexity index is 494. The summed E-state index contributed by atoms with van der Waals surface area (Å²) < 4.78 is 0.